The summed E-state index contributed by atoms with van der Waals surface area (Å²) in [7, 11) is 0. The Bertz CT molecular complexity index is 401. The zero-order valence-electron chi connectivity index (χ0n) is 9.75. The normalized spacial score (nSPS) is 18.1. The van der Waals surface area contributed by atoms with E-state index in [0.29, 0.717) is 11.6 Å². The van der Waals surface area contributed by atoms with Gasteiger partial charge in [-0.1, -0.05) is 15.9 Å². The molecule has 2 nitrogen and oxygen atoms in total. The summed E-state index contributed by atoms with van der Waals surface area (Å²) < 4.78 is 37.7. The van der Waals surface area contributed by atoms with Crippen LogP contribution in [-0.4, -0.2) is 23.4 Å². The molecule has 100 valence electrons. The van der Waals surface area contributed by atoms with Gasteiger partial charge in [-0.05, 0) is 30.9 Å². The van der Waals surface area contributed by atoms with Gasteiger partial charge < -0.3 is 4.90 Å². The minimum Gasteiger partial charge on any atom is -0.371 e. The van der Waals surface area contributed by atoms with Crippen LogP contribution in [0.4, 0.5) is 18.9 Å². The first-order chi connectivity index (χ1) is 8.50. The van der Waals surface area contributed by atoms with E-state index in [2.05, 4.69) is 20.9 Å². The third kappa shape index (κ3) is 3.16. The lowest BCUT2D eigenvalue weighted by Gasteiger charge is -2.33. The van der Waals surface area contributed by atoms with Crippen molar-refractivity contribution in [3.63, 3.8) is 0 Å². The van der Waals surface area contributed by atoms with E-state index in [1.54, 1.807) is 6.07 Å². The van der Waals surface area contributed by atoms with Crippen molar-refractivity contribution in [3.05, 3.63) is 24.0 Å². The van der Waals surface area contributed by atoms with Gasteiger partial charge in [-0.3, -0.25) is 4.98 Å². The molecule has 1 aromatic rings. The number of pyridine rings is 1. The quantitative estimate of drug-likeness (QED) is 0.772. The highest BCUT2D eigenvalue weighted by Crippen LogP contribution is 2.31. The topological polar surface area (TPSA) is 16.1 Å². The van der Waals surface area contributed by atoms with Gasteiger partial charge in [0, 0.05) is 30.3 Å². The van der Waals surface area contributed by atoms with E-state index in [1.165, 1.54) is 6.20 Å². The monoisotopic (exact) mass is 322 g/mol. The van der Waals surface area contributed by atoms with Crippen molar-refractivity contribution in [3.8, 4) is 0 Å². The number of nitrogens with zero attached hydrogens (tertiary/aromatic N) is 2. The van der Waals surface area contributed by atoms with Gasteiger partial charge in [0.15, 0.2) is 0 Å². The first-order valence-electron chi connectivity index (χ1n) is 5.85. The molecule has 1 aliphatic heterocycles. The summed E-state index contributed by atoms with van der Waals surface area (Å²) in [4.78, 5) is 5.37. The van der Waals surface area contributed by atoms with Crippen LogP contribution in [0.2, 0.25) is 0 Å². The maximum atomic E-state index is 12.6. The largest absolute Gasteiger partial charge is 0.433 e. The fourth-order valence-electron chi connectivity index (χ4n) is 2.12. The second-order valence-corrected chi connectivity index (χ2v) is 5.13. The zero-order valence-corrected chi connectivity index (χ0v) is 11.3. The highest BCUT2D eigenvalue weighted by Gasteiger charge is 2.33. The predicted molar refractivity (Wildman–Crippen MR) is 68.0 cm³/mol. The van der Waals surface area contributed by atoms with Gasteiger partial charge in [-0.2, -0.15) is 13.2 Å². The van der Waals surface area contributed by atoms with E-state index < -0.39 is 11.9 Å². The zero-order chi connectivity index (χ0) is 13.2. The summed E-state index contributed by atoms with van der Waals surface area (Å²) in [5, 5.41) is 0.963. The number of rotatable bonds is 2. The third-order valence-corrected chi connectivity index (χ3v) is 4.15. The van der Waals surface area contributed by atoms with Crippen LogP contribution in [0.25, 0.3) is 0 Å². The van der Waals surface area contributed by atoms with Crippen LogP contribution in [0, 0.1) is 5.92 Å². The maximum absolute atomic E-state index is 12.6. The molecule has 0 saturated carbocycles. The molecule has 1 saturated heterocycles. The van der Waals surface area contributed by atoms with Gasteiger partial charge in [-0.25, -0.2) is 0 Å². The average Bonchev–Trinajstić information content (AvgIpc) is 2.38. The number of aromatic nitrogens is 1. The molecule has 1 aliphatic rings. The molecule has 0 radical (unpaired) electrons. The Kier molecular flexibility index (Phi) is 4.14. The van der Waals surface area contributed by atoms with Crippen molar-refractivity contribution < 1.29 is 13.2 Å². The lowest BCUT2D eigenvalue weighted by molar-refractivity contribution is -0.141. The number of alkyl halides is 4. The van der Waals surface area contributed by atoms with Crippen LogP contribution in [0.1, 0.15) is 18.5 Å². The number of anilines is 1. The van der Waals surface area contributed by atoms with Crippen LogP contribution in [0.15, 0.2) is 18.3 Å². The van der Waals surface area contributed by atoms with Gasteiger partial charge in [0.05, 0.1) is 0 Å². The van der Waals surface area contributed by atoms with Crippen molar-refractivity contribution in [1.82, 2.24) is 4.98 Å². The molecule has 1 fully saturated rings. The Hall–Kier alpha value is -0.780. The molecule has 18 heavy (non-hydrogen) atoms. The molecule has 0 aliphatic carbocycles. The molecule has 2 rings (SSSR count). The second kappa shape index (κ2) is 5.47. The second-order valence-electron chi connectivity index (χ2n) is 4.48. The lowest BCUT2D eigenvalue weighted by atomic mass is 9.99. The predicted octanol–water partition coefficient (Wildman–Crippen LogP) is 3.71. The number of hydrogen-bond acceptors (Lipinski definition) is 2. The summed E-state index contributed by atoms with van der Waals surface area (Å²) in [6.45, 7) is 1.61. The molecule has 0 aromatic carbocycles. The Morgan fingerprint density at radius 3 is 2.56 bits per heavy atom. The molecule has 0 amide bonds. The van der Waals surface area contributed by atoms with Crippen molar-refractivity contribution in [1.29, 1.82) is 0 Å². The SMILES string of the molecule is FC(F)(F)c1cc(N2CCC(CBr)CC2)ccn1. The summed E-state index contributed by atoms with van der Waals surface area (Å²) in [5.74, 6) is 0.630. The van der Waals surface area contributed by atoms with E-state index in [1.807, 2.05) is 4.90 Å². The summed E-state index contributed by atoms with van der Waals surface area (Å²) in [5.41, 5.74) is -0.201. The molecule has 1 aromatic heterocycles. The highest BCUT2D eigenvalue weighted by atomic mass is 79.9. The van der Waals surface area contributed by atoms with Gasteiger partial charge in [0.1, 0.15) is 5.69 Å². The number of hydrogen-bond donors (Lipinski definition) is 0. The first kappa shape index (κ1) is 13.6. The number of halogens is 4. The van der Waals surface area contributed by atoms with Gasteiger partial charge in [0.25, 0.3) is 0 Å². The Balaban J connectivity index is 2.10. The van der Waals surface area contributed by atoms with Crippen LogP contribution in [-0.2, 0) is 6.18 Å². The fourth-order valence-corrected chi connectivity index (χ4v) is 2.76. The molecule has 0 atom stereocenters. The maximum Gasteiger partial charge on any atom is 0.433 e. The molecule has 0 spiro atoms. The van der Waals surface area contributed by atoms with E-state index in [-0.39, 0.29) is 0 Å². The van der Waals surface area contributed by atoms with Crippen molar-refractivity contribution >= 4 is 21.6 Å². The summed E-state index contributed by atoms with van der Waals surface area (Å²) >= 11 is 3.45. The third-order valence-electron chi connectivity index (χ3n) is 3.23. The van der Waals surface area contributed by atoms with E-state index in [4.69, 9.17) is 0 Å². The molecular weight excluding hydrogens is 309 g/mol. The standard InChI is InChI=1S/C12H14BrF3N2/c13-8-9-2-5-18(6-3-9)10-1-4-17-11(7-10)12(14,15)16/h1,4,7,9H,2-3,5-6,8H2. The minimum absolute atomic E-state index is 0.616. The molecule has 0 unspecified atom stereocenters. The van der Waals surface area contributed by atoms with E-state index >= 15 is 0 Å². The molecule has 0 bridgehead atoms. The van der Waals surface area contributed by atoms with Gasteiger partial charge in [0.2, 0.25) is 0 Å². The Labute approximate surface area is 112 Å². The number of piperidine rings is 1. The molecule has 6 heteroatoms. The van der Waals surface area contributed by atoms with E-state index in [9.17, 15) is 13.2 Å². The Morgan fingerprint density at radius 2 is 2.00 bits per heavy atom. The lowest BCUT2D eigenvalue weighted by Crippen LogP contribution is -2.34. The Morgan fingerprint density at radius 1 is 1.33 bits per heavy atom. The van der Waals surface area contributed by atoms with Gasteiger partial charge in [-0.15, -0.1) is 0 Å². The molecular formula is C12H14BrF3N2. The van der Waals surface area contributed by atoms with Crippen LogP contribution in [0.3, 0.4) is 0 Å². The van der Waals surface area contributed by atoms with Crippen molar-refractivity contribution in [2.75, 3.05) is 23.3 Å². The smallest absolute Gasteiger partial charge is 0.371 e. The van der Waals surface area contributed by atoms with Crippen LogP contribution in [0.5, 0.6) is 0 Å². The average molecular weight is 323 g/mol. The fraction of sp³-hybridized carbons (Fsp3) is 0.583. The molecule has 0 N–H and O–H groups in total. The summed E-state index contributed by atoms with van der Waals surface area (Å²) in [6.07, 6.45) is -1.12. The van der Waals surface area contributed by atoms with E-state index in [0.717, 1.165) is 37.3 Å². The van der Waals surface area contributed by atoms with Crippen LogP contribution < -0.4 is 4.90 Å². The van der Waals surface area contributed by atoms with Crippen LogP contribution >= 0.6 is 15.9 Å². The van der Waals surface area contributed by atoms with Crippen molar-refractivity contribution in [2.45, 2.75) is 19.0 Å². The van der Waals surface area contributed by atoms with Crippen molar-refractivity contribution in [2.24, 2.45) is 5.92 Å². The highest BCUT2D eigenvalue weighted by molar-refractivity contribution is 9.09. The molecule has 2 heterocycles. The summed E-state index contributed by atoms with van der Waals surface area (Å²) in [6, 6.07) is 2.78. The van der Waals surface area contributed by atoms with Gasteiger partial charge >= 0.3 is 6.18 Å². The first-order valence-corrected chi connectivity index (χ1v) is 6.97. The minimum atomic E-state index is -4.37.